The van der Waals surface area contributed by atoms with E-state index in [0.717, 1.165) is 0 Å². The molecule has 2 aromatic rings. The Balaban J connectivity index is 1.98. The molecule has 1 amide bonds. The number of anilines is 1. The highest BCUT2D eigenvalue weighted by atomic mass is 16.5. The minimum Gasteiger partial charge on any atom is -0.495 e. The van der Waals surface area contributed by atoms with Crippen LogP contribution in [0, 0.1) is 5.92 Å². The van der Waals surface area contributed by atoms with Crippen LogP contribution in [-0.4, -0.2) is 31.7 Å². The van der Waals surface area contributed by atoms with Crippen LogP contribution in [0.5, 0.6) is 11.5 Å². The summed E-state index contributed by atoms with van der Waals surface area (Å²) in [4.78, 5) is 24.7. The molecule has 0 radical (unpaired) electrons. The smallest absolute Gasteiger partial charge is 0.339 e. The topological polar surface area (TPSA) is 73.9 Å². The van der Waals surface area contributed by atoms with E-state index in [9.17, 15) is 9.59 Å². The largest absolute Gasteiger partial charge is 0.495 e. The molecule has 1 atom stereocenters. The fraction of sp³-hybridized carbons (Fsp3) is 0.333. The van der Waals surface area contributed by atoms with Crippen molar-refractivity contribution in [2.24, 2.45) is 5.92 Å². The number of hydrogen-bond acceptors (Lipinski definition) is 5. The van der Waals surface area contributed by atoms with Crippen LogP contribution in [0.15, 0.2) is 48.5 Å². The average Bonchev–Trinajstić information content (AvgIpc) is 2.66. The first-order valence-corrected chi connectivity index (χ1v) is 8.78. The van der Waals surface area contributed by atoms with Crippen LogP contribution in [0.1, 0.15) is 31.1 Å². The van der Waals surface area contributed by atoms with Gasteiger partial charge in [-0.25, -0.2) is 4.79 Å². The number of para-hydroxylation sites is 2. The molecule has 2 aromatic carbocycles. The summed E-state index contributed by atoms with van der Waals surface area (Å²) >= 11 is 0. The van der Waals surface area contributed by atoms with Crippen molar-refractivity contribution in [1.82, 2.24) is 0 Å². The van der Waals surface area contributed by atoms with E-state index in [0.29, 0.717) is 35.3 Å². The molecular formula is C21H25NO5. The molecule has 0 saturated heterocycles. The third-order valence-electron chi connectivity index (χ3n) is 3.67. The SMILES string of the molecule is COc1ccccc1NC(=O)[C@@H](C)OC(=O)c1cccc(OCC(C)C)c1. The molecule has 0 bridgehead atoms. The molecule has 6 nitrogen and oxygen atoms in total. The molecular weight excluding hydrogens is 346 g/mol. The van der Waals surface area contributed by atoms with Crippen molar-refractivity contribution in [3.05, 3.63) is 54.1 Å². The van der Waals surface area contributed by atoms with E-state index in [2.05, 4.69) is 5.32 Å². The molecule has 0 unspecified atom stereocenters. The molecule has 1 N–H and O–H groups in total. The minimum absolute atomic E-state index is 0.327. The van der Waals surface area contributed by atoms with Crippen LogP contribution >= 0.6 is 0 Å². The van der Waals surface area contributed by atoms with Gasteiger partial charge in [-0.2, -0.15) is 0 Å². The van der Waals surface area contributed by atoms with Gasteiger partial charge < -0.3 is 19.5 Å². The number of ether oxygens (including phenoxy) is 3. The summed E-state index contributed by atoms with van der Waals surface area (Å²) in [7, 11) is 1.52. The maximum Gasteiger partial charge on any atom is 0.339 e. The summed E-state index contributed by atoms with van der Waals surface area (Å²) < 4.78 is 16.1. The van der Waals surface area contributed by atoms with Crippen LogP contribution in [0.2, 0.25) is 0 Å². The van der Waals surface area contributed by atoms with Crippen LogP contribution in [-0.2, 0) is 9.53 Å². The first-order valence-electron chi connectivity index (χ1n) is 8.78. The Kier molecular flexibility index (Phi) is 7.23. The van der Waals surface area contributed by atoms with E-state index in [1.54, 1.807) is 48.5 Å². The lowest BCUT2D eigenvalue weighted by Crippen LogP contribution is -2.30. The van der Waals surface area contributed by atoms with Gasteiger partial charge in [-0.1, -0.05) is 32.0 Å². The summed E-state index contributed by atoms with van der Waals surface area (Å²) in [6.45, 7) is 6.15. The number of amides is 1. The van der Waals surface area contributed by atoms with Gasteiger partial charge in [0.25, 0.3) is 5.91 Å². The summed E-state index contributed by atoms with van der Waals surface area (Å²) in [6.07, 6.45) is -0.970. The van der Waals surface area contributed by atoms with Crippen molar-refractivity contribution in [2.75, 3.05) is 19.0 Å². The summed E-state index contributed by atoms with van der Waals surface area (Å²) in [5.74, 6) is 0.454. The molecule has 0 fully saturated rings. The first-order chi connectivity index (χ1) is 12.9. The summed E-state index contributed by atoms with van der Waals surface area (Å²) in [6, 6.07) is 13.7. The van der Waals surface area contributed by atoms with Gasteiger partial charge in [-0.15, -0.1) is 0 Å². The molecule has 6 heteroatoms. The van der Waals surface area contributed by atoms with Gasteiger partial charge in [-0.3, -0.25) is 4.79 Å². The van der Waals surface area contributed by atoms with Gasteiger partial charge in [0.2, 0.25) is 0 Å². The lowest BCUT2D eigenvalue weighted by Gasteiger charge is -2.15. The lowest BCUT2D eigenvalue weighted by molar-refractivity contribution is -0.123. The highest BCUT2D eigenvalue weighted by Gasteiger charge is 2.20. The number of carbonyl (C=O) groups is 2. The second-order valence-electron chi connectivity index (χ2n) is 6.47. The Bertz CT molecular complexity index is 788. The van der Waals surface area contributed by atoms with E-state index >= 15 is 0 Å². The molecule has 0 heterocycles. The minimum atomic E-state index is -0.970. The number of rotatable bonds is 8. The van der Waals surface area contributed by atoms with E-state index in [1.807, 2.05) is 13.8 Å². The lowest BCUT2D eigenvalue weighted by atomic mass is 10.2. The Morgan fingerprint density at radius 1 is 1.04 bits per heavy atom. The average molecular weight is 371 g/mol. The van der Waals surface area contributed by atoms with Gasteiger partial charge >= 0.3 is 5.97 Å². The van der Waals surface area contributed by atoms with E-state index in [-0.39, 0.29) is 0 Å². The van der Waals surface area contributed by atoms with Gasteiger partial charge in [0.1, 0.15) is 11.5 Å². The fourth-order valence-corrected chi connectivity index (χ4v) is 2.24. The monoisotopic (exact) mass is 371 g/mol. The van der Waals surface area contributed by atoms with E-state index < -0.39 is 18.0 Å². The molecule has 27 heavy (non-hydrogen) atoms. The van der Waals surface area contributed by atoms with Crippen molar-refractivity contribution in [3.63, 3.8) is 0 Å². The maximum absolute atomic E-state index is 12.3. The number of nitrogens with one attached hydrogen (secondary N) is 1. The molecule has 0 aliphatic carbocycles. The second kappa shape index (κ2) is 9.62. The standard InChI is InChI=1S/C21H25NO5/c1-14(2)13-26-17-9-7-8-16(12-17)21(24)27-15(3)20(23)22-18-10-5-6-11-19(18)25-4/h5-12,14-15H,13H2,1-4H3,(H,22,23)/t15-/m1/s1. The third kappa shape index (κ3) is 6.02. The zero-order valence-corrected chi connectivity index (χ0v) is 16.0. The first kappa shape index (κ1) is 20.3. The molecule has 2 rings (SSSR count). The zero-order valence-electron chi connectivity index (χ0n) is 16.0. The number of carbonyl (C=O) groups excluding carboxylic acids is 2. The Hall–Kier alpha value is -3.02. The fourth-order valence-electron chi connectivity index (χ4n) is 2.24. The van der Waals surface area contributed by atoms with Crippen molar-refractivity contribution in [2.45, 2.75) is 26.9 Å². The van der Waals surface area contributed by atoms with Crippen molar-refractivity contribution in [1.29, 1.82) is 0 Å². The Morgan fingerprint density at radius 2 is 1.78 bits per heavy atom. The maximum atomic E-state index is 12.3. The van der Waals surface area contributed by atoms with Crippen LogP contribution in [0.3, 0.4) is 0 Å². The molecule has 0 saturated carbocycles. The highest BCUT2D eigenvalue weighted by molar-refractivity contribution is 5.98. The van der Waals surface area contributed by atoms with Gasteiger partial charge in [-0.05, 0) is 43.2 Å². The predicted molar refractivity (Wildman–Crippen MR) is 103 cm³/mol. The van der Waals surface area contributed by atoms with Gasteiger partial charge in [0.15, 0.2) is 6.10 Å². The van der Waals surface area contributed by atoms with Crippen LogP contribution < -0.4 is 14.8 Å². The second-order valence-corrected chi connectivity index (χ2v) is 6.47. The number of benzene rings is 2. The van der Waals surface area contributed by atoms with Gasteiger partial charge in [0.05, 0.1) is 25.0 Å². The van der Waals surface area contributed by atoms with Crippen molar-refractivity contribution in [3.8, 4) is 11.5 Å². The zero-order chi connectivity index (χ0) is 19.8. The molecule has 0 aliphatic rings. The van der Waals surface area contributed by atoms with Gasteiger partial charge in [0, 0.05) is 0 Å². The Labute approximate surface area is 159 Å². The molecule has 0 aliphatic heterocycles. The molecule has 0 spiro atoms. The highest BCUT2D eigenvalue weighted by Crippen LogP contribution is 2.23. The third-order valence-corrected chi connectivity index (χ3v) is 3.67. The quantitative estimate of drug-likeness (QED) is 0.712. The van der Waals surface area contributed by atoms with Crippen molar-refractivity contribution < 1.29 is 23.8 Å². The molecule has 0 aromatic heterocycles. The normalized spacial score (nSPS) is 11.6. The van der Waals surface area contributed by atoms with E-state index in [1.165, 1.54) is 14.0 Å². The number of esters is 1. The number of methoxy groups -OCH3 is 1. The Morgan fingerprint density at radius 3 is 2.48 bits per heavy atom. The number of hydrogen-bond donors (Lipinski definition) is 1. The summed E-state index contributed by atoms with van der Waals surface area (Å²) in [5.41, 5.74) is 0.838. The van der Waals surface area contributed by atoms with Crippen LogP contribution in [0.25, 0.3) is 0 Å². The van der Waals surface area contributed by atoms with Crippen LogP contribution in [0.4, 0.5) is 5.69 Å². The predicted octanol–water partition coefficient (Wildman–Crippen LogP) is 3.91. The van der Waals surface area contributed by atoms with Crippen molar-refractivity contribution >= 4 is 17.6 Å². The molecule has 144 valence electrons. The van der Waals surface area contributed by atoms with E-state index in [4.69, 9.17) is 14.2 Å². The summed E-state index contributed by atoms with van der Waals surface area (Å²) in [5, 5.41) is 2.70.